The Hall–Kier alpha value is -2.51. The van der Waals surface area contributed by atoms with E-state index in [9.17, 15) is 18.0 Å². The zero-order valence-corrected chi connectivity index (χ0v) is 17.6. The van der Waals surface area contributed by atoms with Crippen LogP contribution in [0.2, 0.25) is 5.02 Å². The Kier molecular flexibility index (Phi) is 6.43. The summed E-state index contributed by atoms with van der Waals surface area (Å²) < 4.78 is 47.4. The third-order valence-electron chi connectivity index (χ3n) is 4.93. The van der Waals surface area contributed by atoms with Gasteiger partial charge in [0.1, 0.15) is 0 Å². The average Bonchev–Trinajstić information content (AvgIpc) is 3.02. The third kappa shape index (κ3) is 4.79. The van der Waals surface area contributed by atoms with Crippen molar-refractivity contribution in [2.45, 2.75) is 19.1 Å². The number of carbonyl (C=O) groups is 1. The van der Waals surface area contributed by atoms with E-state index in [4.69, 9.17) is 16.3 Å². The van der Waals surface area contributed by atoms with E-state index in [2.05, 4.69) is 0 Å². The quantitative estimate of drug-likeness (QED) is 0.493. The molecule has 0 radical (unpaired) electrons. The summed E-state index contributed by atoms with van der Waals surface area (Å²) in [4.78, 5) is 13.9. The van der Waals surface area contributed by atoms with Gasteiger partial charge in [0.25, 0.3) is 0 Å². The minimum absolute atomic E-state index is 0.0435. The van der Waals surface area contributed by atoms with Crippen molar-refractivity contribution < 1.29 is 22.7 Å². The molecule has 30 heavy (non-hydrogen) atoms. The maximum absolute atomic E-state index is 13.5. The minimum atomic E-state index is -4.50. The van der Waals surface area contributed by atoms with E-state index < -0.39 is 17.7 Å². The van der Waals surface area contributed by atoms with Crippen LogP contribution in [0.15, 0.2) is 42.5 Å². The van der Waals surface area contributed by atoms with Gasteiger partial charge in [0.05, 0.1) is 18.2 Å². The number of fused-ring (bicyclic) bond motifs is 1. The molecule has 1 aromatic heterocycles. The summed E-state index contributed by atoms with van der Waals surface area (Å²) in [5, 5.41) is 0.816. The molecule has 3 aromatic rings. The first-order valence-corrected chi connectivity index (χ1v) is 9.69. The molecule has 0 aliphatic rings. The molecule has 2 aromatic carbocycles. The van der Waals surface area contributed by atoms with E-state index in [0.29, 0.717) is 18.7 Å². The van der Waals surface area contributed by atoms with Gasteiger partial charge in [0.15, 0.2) is 0 Å². The number of halogens is 4. The molecule has 4 nitrogen and oxygen atoms in total. The molecule has 0 bridgehead atoms. The summed E-state index contributed by atoms with van der Waals surface area (Å²) in [6.07, 6.45) is -4.42. The van der Waals surface area contributed by atoms with Crippen LogP contribution in [-0.4, -0.2) is 43.2 Å². The van der Waals surface area contributed by atoms with Crippen molar-refractivity contribution in [2.24, 2.45) is 0 Å². The second-order valence-corrected chi connectivity index (χ2v) is 7.77. The molecule has 0 saturated carbocycles. The van der Waals surface area contributed by atoms with Gasteiger partial charge in [-0.25, -0.2) is 4.79 Å². The number of ether oxygens (including phenoxy) is 1. The number of nitrogens with zero attached hydrogens (tertiary/aromatic N) is 2. The average molecular weight is 439 g/mol. The van der Waals surface area contributed by atoms with Gasteiger partial charge in [-0.15, -0.1) is 0 Å². The first kappa shape index (κ1) is 22.2. The monoisotopic (exact) mass is 438 g/mol. The van der Waals surface area contributed by atoms with Crippen LogP contribution in [0.3, 0.4) is 0 Å². The highest BCUT2D eigenvalue weighted by atomic mass is 35.5. The topological polar surface area (TPSA) is 34.5 Å². The molecule has 3 rings (SSSR count). The van der Waals surface area contributed by atoms with Gasteiger partial charge in [-0.2, -0.15) is 13.2 Å². The van der Waals surface area contributed by atoms with Crippen LogP contribution in [0.4, 0.5) is 13.2 Å². The fourth-order valence-electron chi connectivity index (χ4n) is 3.45. The maximum Gasteiger partial charge on any atom is 0.416 e. The lowest BCUT2D eigenvalue weighted by Gasteiger charge is -2.17. The highest BCUT2D eigenvalue weighted by molar-refractivity contribution is 6.30. The van der Waals surface area contributed by atoms with Gasteiger partial charge < -0.3 is 14.2 Å². The van der Waals surface area contributed by atoms with Gasteiger partial charge >= 0.3 is 12.1 Å². The largest absolute Gasteiger partial charge is 0.465 e. The molecule has 0 saturated heterocycles. The standard InChI is InChI=1S/C22H22ClF3N2O2/c1-27(2)8-9-28-18(11-14-4-6-17(23)13-19(14)22(24,25)26)12-16-10-15(21(29)30-3)5-7-20(16)28/h4-7,10,12-13H,8-9,11H2,1-3H3. The second-order valence-electron chi connectivity index (χ2n) is 7.33. The molecule has 0 amide bonds. The van der Waals surface area contributed by atoms with E-state index in [1.165, 1.54) is 19.2 Å². The number of likely N-dealkylation sites (N-methyl/N-ethyl adjacent to an activating group) is 1. The number of rotatable bonds is 6. The zero-order valence-electron chi connectivity index (χ0n) is 16.9. The Morgan fingerprint density at radius 1 is 1.13 bits per heavy atom. The van der Waals surface area contributed by atoms with Crippen molar-refractivity contribution in [3.63, 3.8) is 0 Å². The van der Waals surface area contributed by atoms with E-state index in [1.54, 1.807) is 18.2 Å². The van der Waals surface area contributed by atoms with Gasteiger partial charge in [-0.05, 0) is 56.1 Å². The number of methoxy groups -OCH3 is 1. The summed E-state index contributed by atoms with van der Waals surface area (Å²) in [6.45, 7) is 1.31. The van der Waals surface area contributed by atoms with Crippen molar-refractivity contribution in [1.29, 1.82) is 0 Å². The highest BCUT2D eigenvalue weighted by Crippen LogP contribution is 2.35. The van der Waals surface area contributed by atoms with Crippen molar-refractivity contribution in [2.75, 3.05) is 27.7 Å². The molecule has 1 heterocycles. The molecule has 0 unspecified atom stereocenters. The van der Waals surface area contributed by atoms with Crippen molar-refractivity contribution in [1.82, 2.24) is 9.47 Å². The number of hydrogen-bond donors (Lipinski definition) is 0. The van der Waals surface area contributed by atoms with Crippen LogP contribution in [0, 0.1) is 0 Å². The number of benzene rings is 2. The molecular weight excluding hydrogens is 417 g/mol. The Balaban J connectivity index is 2.10. The summed E-state index contributed by atoms with van der Waals surface area (Å²) in [5.41, 5.74) is 1.37. The van der Waals surface area contributed by atoms with E-state index in [1.807, 2.05) is 29.6 Å². The number of hydrogen-bond acceptors (Lipinski definition) is 3. The van der Waals surface area contributed by atoms with Crippen LogP contribution >= 0.6 is 11.6 Å². The fourth-order valence-corrected chi connectivity index (χ4v) is 3.62. The molecule has 0 fully saturated rings. The summed E-state index contributed by atoms with van der Waals surface area (Å²) in [6, 6.07) is 10.8. The molecule has 160 valence electrons. The van der Waals surface area contributed by atoms with E-state index in [0.717, 1.165) is 22.7 Å². The number of alkyl halides is 3. The molecule has 0 aliphatic carbocycles. The normalized spacial score (nSPS) is 12.0. The first-order chi connectivity index (χ1) is 14.1. The van der Waals surface area contributed by atoms with Crippen molar-refractivity contribution >= 4 is 28.5 Å². The Labute approximate surface area is 177 Å². The van der Waals surface area contributed by atoms with Crippen LogP contribution in [-0.2, 0) is 23.9 Å². The lowest BCUT2D eigenvalue weighted by atomic mass is 10.0. The molecule has 0 N–H and O–H groups in total. The summed E-state index contributed by atoms with van der Waals surface area (Å²) in [5.74, 6) is -0.462. The molecule has 0 aliphatic heterocycles. The lowest BCUT2D eigenvalue weighted by Crippen LogP contribution is -2.19. The minimum Gasteiger partial charge on any atom is -0.465 e. The highest BCUT2D eigenvalue weighted by Gasteiger charge is 2.33. The number of esters is 1. The molecule has 0 spiro atoms. The van der Waals surface area contributed by atoms with Crippen molar-refractivity contribution in [3.8, 4) is 0 Å². The van der Waals surface area contributed by atoms with Gasteiger partial charge in [0.2, 0.25) is 0 Å². The Morgan fingerprint density at radius 2 is 1.87 bits per heavy atom. The SMILES string of the molecule is COC(=O)c1ccc2c(c1)cc(Cc1ccc(Cl)cc1C(F)(F)F)n2CCN(C)C. The number of aromatic nitrogens is 1. The molecule has 8 heteroatoms. The predicted octanol–water partition coefficient (Wildman–Crippen LogP) is 5.25. The van der Waals surface area contributed by atoms with E-state index in [-0.39, 0.29) is 17.0 Å². The maximum atomic E-state index is 13.5. The third-order valence-corrected chi connectivity index (χ3v) is 5.16. The Bertz CT molecular complexity index is 1070. The summed E-state index contributed by atoms with van der Waals surface area (Å²) in [7, 11) is 5.17. The van der Waals surface area contributed by atoms with Crippen LogP contribution in [0.1, 0.15) is 27.2 Å². The number of carbonyl (C=O) groups excluding carboxylic acids is 1. The zero-order chi connectivity index (χ0) is 22.1. The van der Waals surface area contributed by atoms with Crippen LogP contribution < -0.4 is 0 Å². The van der Waals surface area contributed by atoms with Gasteiger partial charge in [-0.1, -0.05) is 17.7 Å². The molecular formula is C22H22ClF3N2O2. The Morgan fingerprint density at radius 3 is 2.50 bits per heavy atom. The molecule has 0 atom stereocenters. The van der Waals surface area contributed by atoms with Crippen LogP contribution in [0.25, 0.3) is 10.9 Å². The van der Waals surface area contributed by atoms with E-state index >= 15 is 0 Å². The predicted molar refractivity (Wildman–Crippen MR) is 111 cm³/mol. The van der Waals surface area contributed by atoms with Crippen molar-refractivity contribution in [3.05, 3.63) is 69.9 Å². The second kappa shape index (κ2) is 8.70. The summed E-state index contributed by atoms with van der Waals surface area (Å²) >= 11 is 5.81. The lowest BCUT2D eigenvalue weighted by molar-refractivity contribution is -0.138. The van der Waals surface area contributed by atoms with Gasteiger partial charge in [-0.3, -0.25) is 0 Å². The smallest absolute Gasteiger partial charge is 0.416 e. The first-order valence-electron chi connectivity index (χ1n) is 9.31. The van der Waals surface area contributed by atoms with Gasteiger partial charge in [0, 0.05) is 41.1 Å². The fraction of sp³-hybridized carbons (Fsp3) is 0.318. The van der Waals surface area contributed by atoms with Crippen LogP contribution in [0.5, 0.6) is 0 Å².